The van der Waals surface area contributed by atoms with Crippen LogP contribution in [0.25, 0.3) is 0 Å². The number of fused-ring (bicyclic) bond motifs is 1. The molecule has 6 aromatic rings. The van der Waals surface area contributed by atoms with E-state index in [9.17, 15) is 23.4 Å². The molecule has 1 fully saturated rings. The predicted molar refractivity (Wildman–Crippen MR) is 284 cm³/mol. The molecule has 1 aromatic heterocycles. The molecule has 0 spiro atoms. The fourth-order valence-corrected chi connectivity index (χ4v) is 10.9. The highest BCUT2D eigenvalue weighted by Crippen LogP contribution is 2.41. The monoisotopic (exact) mass is 1100 g/mol. The number of amides is 2. The number of carbonyl (C=O) groups excluding carboxylic acids is 4. The number of anilines is 1. The average Bonchev–Trinajstić information content (AvgIpc) is 3.84. The number of hydrogen-bond acceptors (Lipinski definition) is 12. The van der Waals surface area contributed by atoms with Gasteiger partial charge >= 0.3 is 11.9 Å². The van der Waals surface area contributed by atoms with E-state index in [0.29, 0.717) is 26.3 Å². The molecule has 2 amide bonds. The lowest BCUT2D eigenvalue weighted by Crippen LogP contribution is -2.74. The van der Waals surface area contributed by atoms with Gasteiger partial charge in [-0.05, 0) is 68.0 Å². The number of β-lactam (4-membered cyclic amide) rings is 1. The summed E-state index contributed by atoms with van der Waals surface area (Å²) in [6, 6.07) is 46.9. The quantitative estimate of drug-likeness (QED) is 0.0171. The van der Waals surface area contributed by atoms with Crippen LogP contribution < -0.4 is 10.6 Å². The van der Waals surface area contributed by atoms with E-state index < -0.39 is 68.8 Å². The molecule has 2 aliphatic heterocycles. The Bertz CT molecular complexity index is 2860. The van der Waals surface area contributed by atoms with E-state index in [1.165, 1.54) is 25.2 Å². The number of rotatable bonds is 17. The van der Waals surface area contributed by atoms with E-state index in [0.717, 1.165) is 21.6 Å². The lowest BCUT2D eigenvalue weighted by molar-refractivity contribution is -0.179. The number of halogens is 1. The molecule has 5 aromatic carbocycles. The summed E-state index contributed by atoms with van der Waals surface area (Å²) in [5.41, 5.74) is 0.618. The average molecular weight is 1100 g/mol. The van der Waals surface area contributed by atoms with Gasteiger partial charge in [-0.2, -0.15) is 0 Å². The van der Waals surface area contributed by atoms with Gasteiger partial charge in [0.05, 0.1) is 16.6 Å². The molecule has 8 rings (SSSR count). The van der Waals surface area contributed by atoms with Crippen LogP contribution in [0.1, 0.15) is 74.2 Å². The van der Waals surface area contributed by atoms with Gasteiger partial charge in [-0.1, -0.05) is 192 Å². The van der Waals surface area contributed by atoms with E-state index in [2.05, 4.69) is 38.4 Å². The van der Waals surface area contributed by atoms with Crippen LogP contribution in [-0.4, -0.2) is 76.4 Å². The van der Waals surface area contributed by atoms with Crippen LogP contribution in [0.3, 0.4) is 0 Å². The first-order valence-electron chi connectivity index (χ1n) is 22.8. The largest absolute Gasteiger partial charge is 0.457 e. The molecule has 3 heterocycles. The zero-order chi connectivity index (χ0) is 50.3. The van der Waals surface area contributed by atoms with Crippen molar-refractivity contribution in [1.29, 1.82) is 0 Å². The van der Waals surface area contributed by atoms with Gasteiger partial charge in [0.1, 0.15) is 33.9 Å². The number of oxime groups is 1. The third-order valence-electron chi connectivity index (χ3n) is 11.6. The Balaban J connectivity index is 1.14. The minimum atomic E-state index is -1.79. The van der Waals surface area contributed by atoms with Gasteiger partial charge in [-0.3, -0.25) is 18.7 Å². The predicted octanol–water partition coefficient (Wildman–Crippen LogP) is 9.38. The minimum absolute atomic E-state index is 0.0507. The van der Waals surface area contributed by atoms with Gasteiger partial charge < -0.3 is 24.9 Å². The number of aromatic nitrogens is 1. The highest BCUT2D eigenvalue weighted by molar-refractivity contribution is 14.1. The number of nitrogens with one attached hydrogen (secondary N) is 2. The molecule has 3 atom stereocenters. The SMILES string of the molecule is CC(C)(C)OC(=O)C(C)(C)O/N=C(\C(=O)NC1C(=O)N2C(C(=O)OC(c3ccccc3)c3ccccc3)=C(/C=C/CI)CS(=O)[C@H]12)c1csc(NC(c2ccccc2)(c2ccccc2)c2ccccc2)n1. The van der Waals surface area contributed by atoms with E-state index in [4.69, 9.17) is 19.3 Å². The second-order valence-electron chi connectivity index (χ2n) is 18.2. The summed E-state index contributed by atoms with van der Waals surface area (Å²) in [5.74, 6) is -3.23. The fourth-order valence-electron chi connectivity index (χ4n) is 8.25. The maximum atomic E-state index is 14.7. The molecule has 0 aliphatic carbocycles. The normalized spacial score (nSPS) is 17.3. The first-order valence-corrected chi connectivity index (χ1v) is 26.6. The Morgan fingerprint density at radius 3 is 1.82 bits per heavy atom. The molecule has 364 valence electrons. The summed E-state index contributed by atoms with van der Waals surface area (Å²) < 4.78 is 26.6. The number of alkyl halides is 1. The van der Waals surface area contributed by atoms with Crippen LogP contribution in [-0.2, 0) is 49.8 Å². The third-order valence-corrected chi connectivity index (χ3v) is 14.5. The second kappa shape index (κ2) is 21.7. The maximum absolute atomic E-state index is 14.7. The highest BCUT2D eigenvalue weighted by atomic mass is 127. The van der Waals surface area contributed by atoms with Gasteiger partial charge in [0, 0.05) is 9.81 Å². The number of benzene rings is 5. The standard InChI is InChI=1S/C55H52IN5O8S2/c1-53(2,3)68-51(65)54(4,5)69-60-43(42-34-70-52(57-42)59-55(39-27-15-8-16-28-39,40-29-17-9-18-30-40)41-31-19-10-20-32-41)47(62)58-44-48(63)61-45(38(26-21-33-56)35-71(66)49(44)61)50(64)67-46(36-22-11-6-12-23-36)37-24-13-7-14-25-37/h6-32,34,44,46,49H,33,35H2,1-5H3,(H,57,59)(H,58,62)/b26-21+,60-43-/t44?,49-,71?/m1/s1. The molecular weight excluding hydrogens is 1050 g/mol. The maximum Gasteiger partial charge on any atom is 0.356 e. The van der Waals surface area contributed by atoms with E-state index >= 15 is 0 Å². The minimum Gasteiger partial charge on any atom is -0.457 e. The van der Waals surface area contributed by atoms with Gasteiger partial charge in [0.15, 0.2) is 16.9 Å². The molecule has 13 nitrogen and oxygen atoms in total. The van der Waals surface area contributed by atoms with Crippen molar-refractivity contribution < 1.29 is 37.7 Å². The molecule has 16 heteroatoms. The Labute approximate surface area is 433 Å². The number of nitrogens with zero attached hydrogens (tertiary/aromatic N) is 3. The summed E-state index contributed by atoms with van der Waals surface area (Å²) in [6.07, 6.45) is 2.66. The number of allylic oxidation sites excluding steroid dienone is 2. The van der Waals surface area contributed by atoms with Crippen LogP contribution >= 0.6 is 33.9 Å². The molecule has 0 radical (unpaired) electrons. The molecule has 1 saturated heterocycles. The summed E-state index contributed by atoms with van der Waals surface area (Å²) in [5, 5.41) is 11.6. The summed E-state index contributed by atoms with van der Waals surface area (Å²) in [6.45, 7) is 8.06. The molecule has 2 aliphatic rings. The van der Waals surface area contributed by atoms with Crippen LogP contribution in [0.4, 0.5) is 5.13 Å². The zero-order valence-corrected chi connectivity index (χ0v) is 43.4. The number of hydrogen-bond donors (Lipinski definition) is 2. The van der Waals surface area contributed by atoms with Crippen molar-refractivity contribution >= 4 is 79.3 Å². The van der Waals surface area contributed by atoms with Gasteiger partial charge in [0.25, 0.3) is 11.8 Å². The topological polar surface area (TPSA) is 166 Å². The number of esters is 2. The highest BCUT2D eigenvalue weighted by Gasteiger charge is 2.58. The van der Waals surface area contributed by atoms with Crippen molar-refractivity contribution in [2.75, 3.05) is 15.5 Å². The molecule has 0 bridgehead atoms. The van der Waals surface area contributed by atoms with Gasteiger partial charge in [-0.25, -0.2) is 14.6 Å². The van der Waals surface area contributed by atoms with Crippen LogP contribution in [0.5, 0.6) is 0 Å². The van der Waals surface area contributed by atoms with E-state index in [-0.39, 0.29) is 22.9 Å². The van der Waals surface area contributed by atoms with Crippen LogP contribution in [0.2, 0.25) is 0 Å². The van der Waals surface area contributed by atoms with Gasteiger partial charge in [0.2, 0.25) is 5.60 Å². The van der Waals surface area contributed by atoms with Crippen molar-refractivity contribution in [2.45, 2.75) is 68.9 Å². The lowest BCUT2D eigenvalue weighted by atomic mass is 9.77. The molecule has 0 saturated carbocycles. The summed E-state index contributed by atoms with van der Waals surface area (Å²) in [7, 11) is -1.79. The van der Waals surface area contributed by atoms with E-state index in [1.54, 1.807) is 38.3 Å². The first kappa shape index (κ1) is 50.6. The molecule has 2 unspecified atom stereocenters. The van der Waals surface area contributed by atoms with Crippen LogP contribution in [0.15, 0.2) is 186 Å². The fraction of sp³-hybridized carbons (Fsp3) is 0.236. The van der Waals surface area contributed by atoms with Crippen LogP contribution in [0, 0.1) is 0 Å². The van der Waals surface area contributed by atoms with Crippen molar-refractivity contribution in [3.8, 4) is 0 Å². The molecule has 71 heavy (non-hydrogen) atoms. The Morgan fingerprint density at radius 1 is 0.817 bits per heavy atom. The number of carbonyl (C=O) groups is 4. The second-order valence-corrected chi connectivity index (χ2v) is 21.4. The number of thiazole rings is 1. The Kier molecular flexibility index (Phi) is 15.5. The molecule has 2 N–H and O–H groups in total. The third kappa shape index (κ3) is 11.1. The zero-order valence-electron chi connectivity index (χ0n) is 39.6. The lowest BCUT2D eigenvalue weighted by Gasteiger charge is -2.49. The number of ether oxygens (including phenoxy) is 2. The summed E-state index contributed by atoms with van der Waals surface area (Å²) >= 11 is 3.36. The molecular formula is C55H52IN5O8S2. The summed E-state index contributed by atoms with van der Waals surface area (Å²) in [4.78, 5) is 69.0. The van der Waals surface area contributed by atoms with E-state index in [1.807, 2.05) is 152 Å². The van der Waals surface area contributed by atoms with Crippen molar-refractivity contribution in [1.82, 2.24) is 15.2 Å². The van der Waals surface area contributed by atoms with Gasteiger partial charge in [-0.15, -0.1) is 11.3 Å². The Hall–Kier alpha value is -6.76. The Morgan fingerprint density at radius 2 is 1.32 bits per heavy atom. The smallest absolute Gasteiger partial charge is 0.356 e. The van der Waals surface area contributed by atoms with Crippen molar-refractivity contribution in [2.24, 2.45) is 5.16 Å². The van der Waals surface area contributed by atoms with Crippen molar-refractivity contribution in [3.05, 3.63) is 214 Å². The first-order chi connectivity index (χ1) is 34.1. The van der Waals surface area contributed by atoms with Crippen molar-refractivity contribution in [3.63, 3.8) is 0 Å².